The normalized spacial score (nSPS) is 19.0. The molecule has 106 valence electrons. The van der Waals surface area contributed by atoms with Crippen LogP contribution in [0, 0.1) is 0 Å². The molecule has 1 saturated carbocycles. The van der Waals surface area contributed by atoms with E-state index >= 15 is 0 Å². The van der Waals surface area contributed by atoms with Crippen LogP contribution in [0.3, 0.4) is 0 Å². The van der Waals surface area contributed by atoms with Crippen molar-refractivity contribution in [1.82, 2.24) is 4.90 Å². The Hall–Kier alpha value is -2.09. The number of hydrogen-bond donors (Lipinski definition) is 0. The third-order valence-electron chi connectivity index (χ3n) is 5.07. The highest BCUT2D eigenvalue weighted by Crippen LogP contribution is 2.46. The summed E-state index contributed by atoms with van der Waals surface area (Å²) in [6.45, 7) is 1.53. The molecule has 0 N–H and O–H groups in total. The number of benzene rings is 2. The molecule has 1 heterocycles. The zero-order chi connectivity index (χ0) is 14.3. The van der Waals surface area contributed by atoms with E-state index in [0.717, 1.165) is 32.4 Å². The maximum Gasteiger partial charge on any atom is 0.233 e. The van der Waals surface area contributed by atoms with Crippen LogP contribution in [-0.2, 0) is 23.3 Å². The van der Waals surface area contributed by atoms with E-state index in [2.05, 4.69) is 36.4 Å². The second-order valence-electron chi connectivity index (χ2n) is 6.23. The Kier molecular flexibility index (Phi) is 2.85. The molecule has 1 aliphatic heterocycles. The van der Waals surface area contributed by atoms with Crippen molar-refractivity contribution < 1.29 is 4.79 Å². The summed E-state index contributed by atoms with van der Waals surface area (Å²) in [5, 5.41) is 0. The second kappa shape index (κ2) is 4.73. The van der Waals surface area contributed by atoms with E-state index in [1.165, 1.54) is 16.7 Å². The molecule has 21 heavy (non-hydrogen) atoms. The average molecular weight is 277 g/mol. The molecule has 1 aliphatic carbocycles. The number of rotatable bonds is 2. The van der Waals surface area contributed by atoms with Crippen LogP contribution in [-0.4, -0.2) is 10.8 Å². The minimum absolute atomic E-state index is 0.261. The summed E-state index contributed by atoms with van der Waals surface area (Å²) in [6.07, 6.45) is 3.13. The summed E-state index contributed by atoms with van der Waals surface area (Å²) in [5.41, 5.74) is 3.53. The predicted octanol–water partition coefficient (Wildman–Crippen LogP) is 3.65. The molecule has 2 nitrogen and oxygen atoms in total. The molecule has 2 heteroatoms. The van der Waals surface area contributed by atoms with Crippen molar-refractivity contribution in [2.45, 2.75) is 37.8 Å². The van der Waals surface area contributed by atoms with E-state index in [1.54, 1.807) is 0 Å². The van der Waals surface area contributed by atoms with Crippen LogP contribution >= 0.6 is 0 Å². The fourth-order valence-corrected chi connectivity index (χ4v) is 3.69. The number of hydrogen-bond acceptors (Lipinski definition) is 1. The molecule has 0 atom stereocenters. The van der Waals surface area contributed by atoms with E-state index in [-0.39, 0.29) is 5.41 Å². The van der Waals surface area contributed by atoms with Gasteiger partial charge in [0.2, 0.25) is 5.91 Å². The van der Waals surface area contributed by atoms with Gasteiger partial charge in [-0.05, 0) is 29.5 Å². The highest BCUT2D eigenvalue weighted by atomic mass is 16.2. The quantitative estimate of drug-likeness (QED) is 0.820. The Morgan fingerprint density at radius 3 is 1.95 bits per heavy atom. The Morgan fingerprint density at radius 2 is 1.43 bits per heavy atom. The number of fused-ring (bicyclic) bond motifs is 1. The zero-order valence-electron chi connectivity index (χ0n) is 12.1. The lowest BCUT2D eigenvalue weighted by Crippen LogP contribution is -2.49. The van der Waals surface area contributed by atoms with Crippen LogP contribution in [0.2, 0.25) is 0 Å². The second-order valence-corrected chi connectivity index (χ2v) is 6.23. The van der Waals surface area contributed by atoms with Gasteiger partial charge in [0.25, 0.3) is 0 Å². The van der Waals surface area contributed by atoms with Gasteiger partial charge in [-0.3, -0.25) is 4.79 Å². The fraction of sp³-hybridized carbons (Fsp3) is 0.316. The summed E-state index contributed by atoms with van der Waals surface area (Å²) in [4.78, 5) is 15.2. The topological polar surface area (TPSA) is 20.3 Å². The number of amides is 1. The maximum atomic E-state index is 13.1. The SMILES string of the molecule is O=C(N1Cc2ccccc2C1)C1(c2ccccc2)CCC1. The van der Waals surface area contributed by atoms with Crippen LogP contribution < -0.4 is 0 Å². The first-order valence-electron chi connectivity index (χ1n) is 7.71. The summed E-state index contributed by atoms with van der Waals surface area (Å²) < 4.78 is 0. The van der Waals surface area contributed by atoms with Crippen molar-refractivity contribution in [3.8, 4) is 0 Å². The minimum atomic E-state index is -0.261. The van der Waals surface area contributed by atoms with Gasteiger partial charge in [0.1, 0.15) is 0 Å². The molecule has 0 radical (unpaired) electrons. The van der Waals surface area contributed by atoms with Gasteiger partial charge in [0.05, 0.1) is 5.41 Å². The van der Waals surface area contributed by atoms with Crippen LogP contribution in [0.25, 0.3) is 0 Å². The molecule has 2 aromatic rings. The van der Waals surface area contributed by atoms with Crippen molar-refractivity contribution in [3.63, 3.8) is 0 Å². The zero-order valence-corrected chi connectivity index (χ0v) is 12.1. The van der Waals surface area contributed by atoms with Crippen molar-refractivity contribution in [2.24, 2.45) is 0 Å². The van der Waals surface area contributed by atoms with Crippen molar-refractivity contribution in [1.29, 1.82) is 0 Å². The van der Waals surface area contributed by atoms with E-state index in [4.69, 9.17) is 0 Å². The molecule has 1 amide bonds. The van der Waals surface area contributed by atoms with Crippen LogP contribution in [0.15, 0.2) is 54.6 Å². The van der Waals surface area contributed by atoms with Gasteiger partial charge >= 0.3 is 0 Å². The first-order chi connectivity index (χ1) is 10.3. The third kappa shape index (κ3) is 1.90. The maximum absolute atomic E-state index is 13.1. The predicted molar refractivity (Wildman–Crippen MR) is 82.7 cm³/mol. The van der Waals surface area contributed by atoms with Gasteiger partial charge in [0.15, 0.2) is 0 Å². The molecule has 2 aliphatic rings. The summed E-state index contributed by atoms with van der Waals surface area (Å²) in [6, 6.07) is 18.7. The number of nitrogens with zero attached hydrogens (tertiary/aromatic N) is 1. The third-order valence-corrected chi connectivity index (χ3v) is 5.07. The molecule has 0 unspecified atom stereocenters. The summed E-state index contributed by atoms with van der Waals surface area (Å²) in [5.74, 6) is 0.316. The van der Waals surface area contributed by atoms with Crippen LogP contribution in [0.1, 0.15) is 36.0 Å². The number of carbonyl (C=O) groups is 1. The highest BCUT2D eigenvalue weighted by Gasteiger charge is 2.48. The Labute approximate surface area is 125 Å². The fourth-order valence-electron chi connectivity index (χ4n) is 3.69. The highest BCUT2D eigenvalue weighted by molar-refractivity contribution is 5.89. The Balaban J connectivity index is 1.63. The molecule has 1 fully saturated rings. The number of carbonyl (C=O) groups excluding carboxylic acids is 1. The van der Waals surface area contributed by atoms with Gasteiger partial charge in [-0.1, -0.05) is 61.0 Å². The standard InChI is InChI=1S/C19H19NO/c21-18(20-13-15-7-4-5-8-16(15)14-20)19(11-6-12-19)17-9-2-1-3-10-17/h1-5,7-10H,6,11-14H2. The lowest BCUT2D eigenvalue weighted by atomic mass is 9.63. The largest absolute Gasteiger partial charge is 0.333 e. The van der Waals surface area contributed by atoms with Gasteiger partial charge < -0.3 is 4.90 Å². The van der Waals surface area contributed by atoms with Crippen molar-refractivity contribution in [3.05, 3.63) is 71.3 Å². The van der Waals surface area contributed by atoms with Gasteiger partial charge in [-0.15, -0.1) is 0 Å². The Morgan fingerprint density at radius 1 is 0.857 bits per heavy atom. The molecule has 2 aromatic carbocycles. The van der Waals surface area contributed by atoms with Crippen LogP contribution in [0.4, 0.5) is 0 Å². The average Bonchev–Trinajstić information content (AvgIpc) is 2.91. The molecule has 0 bridgehead atoms. The molecule has 0 aromatic heterocycles. The molecule has 0 saturated heterocycles. The smallest absolute Gasteiger partial charge is 0.233 e. The minimum Gasteiger partial charge on any atom is -0.333 e. The summed E-state index contributed by atoms with van der Waals surface area (Å²) >= 11 is 0. The van der Waals surface area contributed by atoms with E-state index in [1.807, 2.05) is 23.1 Å². The first kappa shape index (κ1) is 12.6. The van der Waals surface area contributed by atoms with Crippen LogP contribution in [0.5, 0.6) is 0 Å². The van der Waals surface area contributed by atoms with Gasteiger partial charge in [-0.2, -0.15) is 0 Å². The monoisotopic (exact) mass is 277 g/mol. The molecule has 0 spiro atoms. The van der Waals surface area contributed by atoms with Gasteiger partial charge in [0, 0.05) is 13.1 Å². The van der Waals surface area contributed by atoms with Crippen molar-refractivity contribution >= 4 is 5.91 Å². The summed E-state index contributed by atoms with van der Waals surface area (Å²) in [7, 11) is 0. The van der Waals surface area contributed by atoms with Gasteiger partial charge in [-0.25, -0.2) is 0 Å². The molecule has 4 rings (SSSR count). The molecular weight excluding hydrogens is 258 g/mol. The Bertz CT molecular complexity index is 648. The first-order valence-corrected chi connectivity index (χ1v) is 7.71. The van der Waals surface area contributed by atoms with E-state index in [9.17, 15) is 4.79 Å². The van der Waals surface area contributed by atoms with E-state index < -0.39 is 0 Å². The lowest BCUT2D eigenvalue weighted by Gasteiger charge is -2.43. The lowest BCUT2D eigenvalue weighted by molar-refractivity contribution is -0.141. The molecular formula is C19H19NO. The van der Waals surface area contributed by atoms with E-state index in [0.29, 0.717) is 5.91 Å². The van der Waals surface area contributed by atoms with Crippen molar-refractivity contribution in [2.75, 3.05) is 0 Å².